The molecule has 0 aliphatic carbocycles. The van der Waals surface area contributed by atoms with E-state index in [1.165, 1.54) is 0 Å². The van der Waals surface area contributed by atoms with Gasteiger partial charge in [-0.2, -0.15) is 0 Å². The zero-order valence-electron chi connectivity index (χ0n) is 7.60. The molecule has 0 spiro atoms. The van der Waals surface area contributed by atoms with Crippen LogP contribution < -0.4 is 4.74 Å². The Morgan fingerprint density at radius 2 is 2.23 bits per heavy atom. The Labute approximate surface area is 77.6 Å². The highest BCUT2D eigenvalue weighted by molar-refractivity contribution is 5.27. The summed E-state index contributed by atoms with van der Waals surface area (Å²) in [5.74, 6) is 0.674. The summed E-state index contributed by atoms with van der Waals surface area (Å²) in [6, 6.07) is 7.17. The summed E-state index contributed by atoms with van der Waals surface area (Å²) in [6.45, 7) is 1.94. The molecule has 0 aliphatic rings. The Hall–Kier alpha value is -1.06. The molecule has 0 aromatic heterocycles. The molecule has 1 aromatic carbocycles. The highest BCUT2D eigenvalue weighted by atomic mass is 16.5. The molecule has 3 heteroatoms. The van der Waals surface area contributed by atoms with Gasteiger partial charge in [-0.3, -0.25) is 0 Å². The van der Waals surface area contributed by atoms with Crippen LogP contribution in [-0.4, -0.2) is 22.9 Å². The number of rotatable bonds is 4. The van der Waals surface area contributed by atoms with Crippen LogP contribution in [-0.2, 0) is 6.61 Å². The molecule has 0 saturated carbocycles. The molecule has 72 valence electrons. The van der Waals surface area contributed by atoms with Gasteiger partial charge in [-0.05, 0) is 24.6 Å². The second-order valence-corrected chi connectivity index (χ2v) is 2.97. The summed E-state index contributed by atoms with van der Waals surface area (Å²) in [7, 11) is 0. The molecule has 1 aromatic rings. The molecule has 0 unspecified atom stereocenters. The quantitative estimate of drug-likeness (QED) is 0.728. The van der Waals surface area contributed by atoms with Crippen molar-refractivity contribution >= 4 is 0 Å². The third-order valence-corrected chi connectivity index (χ3v) is 1.57. The third kappa shape index (κ3) is 3.44. The SMILES string of the molecule is C[C@@H](O)COc1cccc(CO)c1. The maximum atomic E-state index is 8.97. The lowest BCUT2D eigenvalue weighted by atomic mass is 10.2. The molecule has 3 nitrogen and oxygen atoms in total. The molecule has 0 aliphatic heterocycles. The molecule has 0 saturated heterocycles. The topological polar surface area (TPSA) is 49.7 Å². The van der Waals surface area contributed by atoms with Gasteiger partial charge < -0.3 is 14.9 Å². The van der Waals surface area contributed by atoms with Gasteiger partial charge in [-0.15, -0.1) is 0 Å². The fourth-order valence-electron chi connectivity index (χ4n) is 0.950. The molecular formula is C10H14O3. The Morgan fingerprint density at radius 1 is 1.46 bits per heavy atom. The predicted octanol–water partition coefficient (Wildman–Crippen LogP) is 0.938. The monoisotopic (exact) mass is 182 g/mol. The van der Waals surface area contributed by atoms with Gasteiger partial charge in [0.05, 0.1) is 12.7 Å². The Balaban J connectivity index is 2.56. The summed E-state index contributed by atoms with van der Waals surface area (Å²) < 4.78 is 5.25. The van der Waals surface area contributed by atoms with Crippen LogP contribution in [0.3, 0.4) is 0 Å². The second-order valence-electron chi connectivity index (χ2n) is 2.97. The van der Waals surface area contributed by atoms with E-state index < -0.39 is 6.10 Å². The van der Waals surface area contributed by atoms with Gasteiger partial charge in [-0.1, -0.05) is 12.1 Å². The molecular weight excluding hydrogens is 168 g/mol. The van der Waals surface area contributed by atoms with Gasteiger partial charge in [0, 0.05) is 0 Å². The number of ether oxygens (including phenoxy) is 1. The van der Waals surface area contributed by atoms with E-state index >= 15 is 0 Å². The third-order valence-electron chi connectivity index (χ3n) is 1.57. The molecule has 0 radical (unpaired) electrons. The molecule has 0 heterocycles. The van der Waals surface area contributed by atoms with E-state index in [-0.39, 0.29) is 13.2 Å². The summed E-state index contributed by atoms with van der Waals surface area (Å²) in [5, 5.41) is 17.8. The average Bonchev–Trinajstić information content (AvgIpc) is 2.15. The summed E-state index contributed by atoms with van der Waals surface area (Å²) in [5.41, 5.74) is 0.808. The Morgan fingerprint density at radius 3 is 2.85 bits per heavy atom. The van der Waals surface area contributed by atoms with Crippen LogP contribution in [0.25, 0.3) is 0 Å². The van der Waals surface area contributed by atoms with E-state index in [1.54, 1.807) is 19.1 Å². The van der Waals surface area contributed by atoms with Crippen molar-refractivity contribution in [3.8, 4) is 5.75 Å². The summed E-state index contributed by atoms with van der Waals surface area (Å²) in [4.78, 5) is 0. The number of benzene rings is 1. The first-order valence-electron chi connectivity index (χ1n) is 4.23. The minimum atomic E-state index is -0.474. The van der Waals surface area contributed by atoms with Crippen LogP contribution in [0.4, 0.5) is 0 Å². The Kier molecular flexibility index (Phi) is 3.73. The molecule has 0 amide bonds. The molecule has 0 fully saturated rings. The molecule has 13 heavy (non-hydrogen) atoms. The van der Waals surface area contributed by atoms with Crippen LogP contribution in [0, 0.1) is 0 Å². The first-order chi connectivity index (χ1) is 6.22. The van der Waals surface area contributed by atoms with E-state index in [9.17, 15) is 0 Å². The van der Waals surface area contributed by atoms with Gasteiger partial charge in [0.2, 0.25) is 0 Å². The van der Waals surface area contributed by atoms with Crippen molar-refractivity contribution in [2.24, 2.45) is 0 Å². The molecule has 0 bridgehead atoms. The van der Waals surface area contributed by atoms with Gasteiger partial charge in [0.15, 0.2) is 0 Å². The van der Waals surface area contributed by atoms with Crippen molar-refractivity contribution in [2.45, 2.75) is 19.6 Å². The van der Waals surface area contributed by atoms with Crippen molar-refractivity contribution in [3.63, 3.8) is 0 Å². The number of hydrogen-bond donors (Lipinski definition) is 2. The van der Waals surface area contributed by atoms with Crippen LogP contribution in [0.1, 0.15) is 12.5 Å². The van der Waals surface area contributed by atoms with E-state index in [1.807, 2.05) is 12.1 Å². The fourth-order valence-corrected chi connectivity index (χ4v) is 0.950. The highest BCUT2D eigenvalue weighted by Gasteiger charge is 1.98. The normalized spacial score (nSPS) is 12.5. The van der Waals surface area contributed by atoms with Crippen molar-refractivity contribution in [1.29, 1.82) is 0 Å². The van der Waals surface area contributed by atoms with E-state index in [4.69, 9.17) is 14.9 Å². The van der Waals surface area contributed by atoms with Gasteiger partial charge in [0.25, 0.3) is 0 Å². The average molecular weight is 182 g/mol. The van der Waals surface area contributed by atoms with Gasteiger partial charge in [-0.25, -0.2) is 0 Å². The summed E-state index contributed by atoms with van der Waals surface area (Å²) >= 11 is 0. The van der Waals surface area contributed by atoms with Gasteiger partial charge >= 0.3 is 0 Å². The minimum absolute atomic E-state index is 0.00583. The number of hydrogen-bond acceptors (Lipinski definition) is 3. The predicted molar refractivity (Wildman–Crippen MR) is 49.5 cm³/mol. The molecule has 2 N–H and O–H groups in total. The minimum Gasteiger partial charge on any atom is -0.491 e. The van der Waals surface area contributed by atoms with Crippen molar-refractivity contribution in [1.82, 2.24) is 0 Å². The Bertz CT molecular complexity index is 258. The fraction of sp³-hybridized carbons (Fsp3) is 0.400. The van der Waals surface area contributed by atoms with Crippen molar-refractivity contribution in [2.75, 3.05) is 6.61 Å². The smallest absolute Gasteiger partial charge is 0.119 e. The highest BCUT2D eigenvalue weighted by Crippen LogP contribution is 2.13. The lowest BCUT2D eigenvalue weighted by molar-refractivity contribution is 0.122. The number of aliphatic hydroxyl groups excluding tert-OH is 2. The largest absolute Gasteiger partial charge is 0.491 e. The zero-order valence-corrected chi connectivity index (χ0v) is 7.60. The first-order valence-corrected chi connectivity index (χ1v) is 4.23. The first kappa shape index (κ1) is 10.0. The van der Waals surface area contributed by atoms with E-state index in [0.717, 1.165) is 5.56 Å². The van der Waals surface area contributed by atoms with Crippen molar-refractivity contribution < 1.29 is 14.9 Å². The lowest BCUT2D eigenvalue weighted by Gasteiger charge is -2.08. The zero-order chi connectivity index (χ0) is 9.68. The standard InChI is InChI=1S/C10H14O3/c1-8(12)7-13-10-4-2-3-9(5-10)6-11/h2-5,8,11-12H,6-7H2,1H3/t8-/m1/s1. The van der Waals surface area contributed by atoms with Gasteiger partial charge in [0.1, 0.15) is 12.4 Å². The van der Waals surface area contributed by atoms with E-state index in [0.29, 0.717) is 5.75 Å². The van der Waals surface area contributed by atoms with Crippen LogP contribution in [0.15, 0.2) is 24.3 Å². The summed E-state index contributed by atoms with van der Waals surface area (Å²) in [6.07, 6.45) is -0.474. The maximum Gasteiger partial charge on any atom is 0.119 e. The van der Waals surface area contributed by atoms with Crippen LogP contribution in [0.5, 0.6) is 5.75 Å². The molecule has 1 atom stereocenters. The second kappa shape index (κ2) is 4.84. The van der Waals surface area contributed by atoms with Crippen LogP contribution in [0.2, 0.25) is 0 Å². The maximum absolute atomic E-state index is 8.97. The number of aliphatic hydroxyl groups is 2. The van der Waals surface area contributed by atoms with E-state index in [2.05, 4.69) is 0 Å². The van der Waals surface area contributed by atoms with Crippen molar-refractivity contribution in [3.05, 3.63) is 29.8 Å². The van der Waals surface area contributed by atoms with Crippen LogP contribution >= 0.6 is 0 Å². The molecule has 1 rings (SSSR count). The lowest BCUT2D eigenvalue weighted by Crippen LogP contribution is -2.12.